The Balaban J connectivity index is 1.46. The van der Waals surface area contributed by atoms with Gasteiger partial charge in [0.1, 0.15) is 30.5 Å². The molecule has 50 heavy (non-hydrogen) atoms. The van der Waals surface area contributed by atoms with Gasteiger partial charge >= 0.3 is 0 Å². The van der Waals surface area contributed by atoms with Gasteiger partial charge < -0.3 is 33.2 Å². The van der Waals surface area contributed by atoms with Crippen molar-refractivity contribution >= 4 is 16.8 Å². The maximum atomic E-state index is 7.50. The predicted octanol–water partition coefficient (Wildman–Crippen LogP) is 8.76. The summed E-state index contributed by atoms with van der Waals surface area (Å²) in [6, 6.07) is 29.1. The van der Waals surface area contributed by atoms with Crippen LogP contribution in [-0.2, 0) is 26.9 Å². The molecule has 7 nitrogen and oxygen atoms in total. The highest BCUT2D eigenvalue weighted by atomic mass is 16.5. The third-order valence-electron chi connectivity index (χ3n) is 9.82. The Morgan fingerprint density at radius 3 is 1.78 bits per heavy atom. The van der Waals surface area contributed by atoms with E-state index in [1.807, 2.05) is 24.3 Å². The Labute approximate surface area is 294 Å². The minimum atomic E-state index is -0.964. The third kappa shape index (κ3) is 5.84. The molecule has 0 bridgehead atoms. The van der Waals surface area contributed by atoms with Gasteiger partial charge in [-0.1, -0.05) is 68.5 Å². The summed E-state index contributed by atoms with van der Waals surface area (Å²) in [5.41, 5.74) is 6.90. The second-order valence-electron chi connectivity index (χ2n) is 13.4. The van der Waals surface area contributed by atoms with Crippen molar-refractivity contribution in [1.29, 1.82) is 0 Å². The van der Waals surface area contributed by atoms with Crippen molar-refractivity contribution in [2.45, 2.75) is 31.3 Å². The average molecular weight is 673 g/mol. The van der Waals surface area contributed by atoms with E-state index in [1.54, 1.807) is 28.4 Å². The van der Waals surface area contributed by atoms with Crippen molar-refractivity contribution in [3.63, 3.8) is 0 Å². The summed E-state index contributed by atoms with van der Waals surface area (Å²) >= 11 is 0. The number of hydrogen-bond acceptors (Lipinski definition) is 7. The smallest absolute Gasteiger partial charge is 0.178 e. The molecular formula is C43H44O7. The van der Waals surface area contributed by atoms with Crippen LogP contribution in [0.2, 0.25) is 0 Å². The van der Waals surface area contributed by atoms with Crippen LogP contribution in [0.15, 0.2) is 91.0 Å². The summed E-state index contributed by atoms with van der Waals surface area (Å²) in [6.45, 7) is 6.62. The molecule has 5 aromatic carbocycles. The molecule has 0 fully saturated rings. The molecule has 2 aliphatic rings. The van der Waals surface area contributed by atoms with Gasteiger partial charge in [-0.15, -0.1) is 0 Å². The van der Waals surface area contributed by atoms with Crippen LogP contribution < -0.4 is 23.7 Å². The SMILES string of the molecule is COCCOc1ccc(C2(c3ccc(OCCOC)cc3)C=Cc3c4c(c5cc(OC)c(OC)cc5c3O2)-c2ccccc2CC4(C)C)cc1. The lowest BCUT2D eigenvalue weighted by atomic mass is 9.66. The van der Waals surface area contributed by atoms with Crippen molar-refractivity contribution in [1.82, 2.24) is 0 Å². The van der Waals surface area contributed by atoms with E-state index in [2.05, 4.69) is 86.7 Å². The van der Waals surface area contributed by atoms with Gasteiger partial charge in [0.15, 0.2) is 17.1 Å². The normalized spacial score (nSPS) is 15.0. The largest absolute Gasteiger partial charge is 0.493 e. The number of hydrogen-bond donors (Lipinski definition) is 0. The van der Waals surface area contributed by atoms with E-state index in [0.717, 1.165) is 51.1 Å². The standard InChI is InChI=1S/C43H44O7/c1-42(2)27-28-9-7-8-10-33(28)39-35-25-37(46-5)38(47-6)26-36(35)41-34(40(39)42)19-20-43(50-41,29-11-15-31(16-12-29)48-23-21-44-3)30-13-17-32(18-14-30)49-24-22-45-4/h7-20,25-26H,21-24,27H2,1-6H3. The number of benzene rings is 5. The number of ether oxygens (including phenoxy) is 7. The summed E-state index contributed by atoms with van der Waals surface area (Å²) in [4.78, 5) is 0. The molecule has 0 radical (unpaired) electrons. The molecule has 0 N–H and O–H groups in total. The van der Waals surface area contributed by atoms with Crippen molar-refractivity contribution < 1.29 is 33.2 Å². The molecule has 0 saturated heterocycles. The van der Waals surface area contributed by atoms with Gasteiger partial charge in [0.25, 0.3) is 0 Å². The van der Waals surface area contributed by atoms with Crippen LogP contribution in [0.3, 0.4) is 0 Å². The zero-order valence-electron chi connectivity index (χ0n) is 29.6. The van der Waals surface area contributed by atoms with Crippen LogP contribution >= 0.6 is 0 Å². The first kappa shape index (κ1) is 33.5. The van der Waals surface area contributed by atoms with Crippen molar-refractivity contribution in [3.05, 3.63) is 119 Å². The van der Waals surface area contributed by atoms with E-state index in [4.69, 9.17) is 33.2 Å². The average Bonchev–Trinajstić information content (AvgIpc) is 3.14. The summed E-state index contributed by atoms with van der Waals surface area (Å²) in [5, 5.41) is 2.02. The third-order valence-corrected chi connectivity index (χ3v) is 9.82. The molecule has 0 unspecified atom stereocenters. The monoisotopic (exact) mass is 672 g/mol. The van der Waals surface area contributed by atoms with Crippen LogP contribution in [0.1, 0.15) is 41.7 Å². The van der Waals surface area contributed by atoms with Crippen molar-refractivity contribution in [3.8, 4) is 39.9 Å². The fourth-order valence-electron chi connectivity index (χ4n) is 7.49. The second-order valence-corrected chi connectivity index (χ2v) is 13.4. The fourth-order valence-corrected chi connectivity index (χ4v) is 7.49. The predicted molar refractivity (Wildman–Crippen MR) is 197 cm³/mol. The Morgan fingerprint density at radius 2 is 1.22 bits per heavy atom. The molecule has 1 aliphatic carbocycles. The van der Waals surface area contributed by atoms with Crippen molar-refractivity contribution in [2.75, 3.05) is 54.9 Å². The summed E-state index contributed by atoms with van der Waals surface area (Å²) < 4.78 is 41.5. The van der Waals surface area contributed by atoms with Gasteiger partial charge in [-0.05, 0) is 82.0 Å². The minimum absolute atomic E-state index is 0.175. The topological polar surface area (TPSA) is 64.6 Å². The Morgan fingerprint density at radius 1 is 0.660 bits per heavy atom. The van der Waals surface area contributed by atoms with E-state index >= 15 is 0 Å². The van der Waals surface area contributed by atoms with Gasteiger partial charge in [-0.25, -0.2) is 0 Å². The minimum Gasteiger partial charge on any atom is -0.493 e. The van der Waals surface area contributed by atoms with Gasteiger partial charge in [0.2, 0.25) is 0 Å². The maximum absolute atomic E-state index is 7.50. The van der Waals surface area contributed by atoms with Crippen LogP contribution in [0, 0.1) is 0 Å². The molecule has 0 amide bonds. The lowest BCUT2D eigenvalue weighted by Gasteiger charge is -2.42. The summed E-state index contributed by atoms with van der Waals surface area (Å²) in [5.74, 6) is 3.65. The van der Waals surface area contributed by atoms with E-state index in [1.165, 1.54) is 22.3 Å². The highest BCUT2D eigenvalue weighted by Gasteiger charge is 2.42. The van der Waals surface area contributed by atoms with Crippen LogP contribution in [0.4, 0.5) is 0 Å². The Bertz CT molecular complexity index is 1970. The number of rotatable bonds is 12. The van der Waals surface area contributed by atoms with Gasteiger partial charge in [-0.3, -0.25) is 0 Å². The first-order chi connectivity index (χ1) is 24.3. The number of methoxy groups -OCH3 is 4. The lowest BCUT2D eigenvalue weighted by Crippen LogP contribution is -2.36. The highest BCUT2D eigenvalue weighted by molar-refractivity contribution is 6.08. The molecule has 7 rings (SSSR count). The summed E-state index contributed by atoms with van der Waals surface area (Å²) in [6.07, 6.45) is 5.37. The molecule has 0 spiro atoms. The van der Waals surface area contributed by atoms with Gasteiger partial charge in [-0.2, -0.15) is 0 Å². The first-order valence-corrected chi connectivity index (χ1v) is 17.0. The van der Waals surface area contributed by atoms with E-state index in [0.29, 0.717) is 37.9 Å². The molecular weight excluding hydrogens is 628 g/mol. The maximum Gasteiger partial charge on any atom is 0.178 e. The van der Waals surface area contributed by atoms with Crippen molar-refractivity contribution in [2.24, 2.45) is 0 Å². The van der Waals surface area contributed by atoms with Crippen LogP contribution in [0.5, 0.6) is 28.7 Å². The van der Waals surface area contributed by atoms with Gasteiger partial charge in [0.05, 0.1) is 27.4 Å². The quantitative estimate of drug-likeness (QED) is 0.123. The molecule has 1 heterocycles. The zero-order valence-corrected chi connectivity index (χ0v) is 29.6. The van der Waals surface area contributed by atoms with E-state index in [9.17, 15) is 0 Å². The van der Waals surface area contributed by atoms with Crippen LogP contribution in [0.25, 0.3) is 28.0 Å². The molecule has 0 atom stereocenters. The highest BCUT2D eigenvalue weighted by Crippen LogP contribution is 2.56. The summed E-state index contributed by atoms with van der Waals surface area (Å²) in [7, 11) is 6.69. The zero-order chi connectivity index (χ0) is 34.9. The first-order valence-electron chi connectivity index (χ1n) is 17.0. The Kier molecular flexibility index (Phi) is 9.21. The lowest BCUT2D eigenvalue weighted by molar-refractivity contribution is 0.145. The molecule has 0 aromatic heterocycles. The molecule has 258 valence electrons. The second kappa shape index (κ2) is 13.7. The molecule has 7 heteroatoms. The fraction of sp³-hybridized carbons (Fsp3) is 0.302. The van der Waals surface area contributed by atoms with Gasteiger partial charge in [0, 0.05) is 36.3 Å². The Hall–Kier alpha value is -4.98. The molecule has 5 aromatic rings. The van der Waals surface area contributed by atoms with E-state index in [-0.39, 0.29) is 5.41 Å². The molecule has 1 aliphatic heterocycles. The number of fused-ring (bicyclic) bond motifs is 8. The van der Waals surface area contributed by atoms with Crippen LogP contribution in [-0.4, -0.2) is 54.9 Å². The van der Waals surface area contributed by atoms with E-state index < -0.39 is 5.60 Å². The molecule has 0 saturated carbocycles.